The summed E-state index contributed by atoms with van der Waals surface area (Å²) in [5, 5.41) is 19.6. The molecule has 0 aliphatic carbocycles. The summed E-state index contributed by atoms with van der Waals surface area (Å²) in [5.74, 6) is -0.991. The van der Waals surface area contributed by atoms with Gasteiger partial charge >= 0.3 is 0 Å². The molecule has 0 N–H and O–H groups in total. The van der Waals surface area contributed by atoms with Gasteiger partial charge in [0.25, 0.3) is 5.69 Å². The van der Waals surface area contributed by atoms with Crippen molar-refractivity contribution in [2.45, 2.75) is 6.92 Å². The Kier molecular flexibility index (Phi) is 3.57. The molecule has 0 unspecified atom stereocenters. The Morgan fingerprint density at radius 1 is 1.45 bits per heavy atom. The summed E-state index contributed by atoms with van der Waals surface area (Å²) in [6, 6.07) is 5.30. The molecular formula is C13H8FN3O3. The SMILES string of the molecule is Cc1cc(Oc2cnccc2C#N)c(F)cc1[N+](=O)[O-]. The third-order valence-electron chi connectivity index (χ3n) is 2.57. The lowest BCUT2D eigenvalue weighted by Gasteiger charge is -2.08. The van der Waals surface area contributed by atoms with Crippen molar-refractivity contribution in [3.63, 3.8) is 0 Å². The highest BCUT2D eigenvalue weighted by Crippen LogP contribution is 2.31. The van der Waals surface area contributed by atoms with Crippen molar-refractivity contribution in [2.24, 2.45) is 0 Å². The number of aromatic nitrogens is 1. The molecule has 20 heavy (non-hydrogen) atoms. The predicted molar refractivity (Wildman–Crippen MR) is 66.8 cm³/mol. The Morgan fingerprint density at radius 3 is 2.85 bits per heavy atom. The number of benzene rings is 1. The zero-order valence-corrected chi connectivity index (χ0v) is 10.3. The minimum atomic E-state index is -0.880. The van der Waals surface area contributed by atoms with E-state index in [0.717, 1.165) is 6.07 Å². The summed E-state index contributed by atoms with van der Waals surface area (Å²) < 4.78 is 19.0. The molecule has 0 saturated carbocycles. The number of nitro benzene ring substituents is 1. The maximum absolute atomic E-state index is 13.8. The molecule has 0 atom stereocenters. The number of hydrogen-bond donors (Lipinski definition) is 0. The fraction of sp³-hybridized carbons (Fsp3) is 0.0769. The predicted octanol–water partition coefficient (Wildman–Crippen LogP) is 3.10. The van der Waals surface area contributed by atoms with Crippen LogP contribution in [0.15, 0.2) is 30.6 Å². The summed E-state index contributed by atoms with van der Waals surface area (Å²) in [6.45, 7) is 1.47. The zero-order chi connectivity index (χ0) is 14.7. The van der Waals surface area contributed by atoms with Gasteiger partial charge in [-0.3, -0.25) is 15.1 Å². The van der Waals surface area contributed by atoms with Gasteiger partial charge in [-0.1, -0.05) is 0 Å². The number of pyridine rings is 1. The van der Waals surface area contributed by atoms with Gasteiger partial charge in [0.05, 0.1) is 22.7 Å². The quantitative estimate of drug-likeness (QED) is 0.633. The van der Waals surface area contributed by atoms with Crippen molar-refractivity contribution in [3.8, 4) is 17.6 Å². The van der Waals surface area contributed by atoms with Gasteiger partial charge in [-0.15, -0.1) is 0 Å². The number of ether oxygens (including phenoxy) is 1. The maximum Gasteiger partial charge on any atom is 0.275 e. The molecule has 0 radical (unpaired) electrons. The minimum absolute atomic E-state index is 0.0853. The molecule has 100 valence electrons. The van der Waals surface area contributed by atoms with E-state index in [-0.39, 0.29) is 28.3 Å². The summed E-state index contributed by atoms with van der Waals surface area (Å²) in [5.41, 5.74) is 0.116. The van der Waals surface area contributed by atoms with Crippen molar-refractivity contribution in [2.75, 3.05) is 0 Å². The second-order valence-electron chi connectivity index (χ2n) is 3.91. The van der Waals surface area contributed by atoms with Gasteiger partial charge < -0.3 is 4.74 Å². The number of rotatable bonds is 3. The zero-order valence-electron chi connectivity index (χ0n) is 10.3. The average Bonchev–Trinajstić information content (AvgIpc) is 2.42. The molecular weight excluding hydrogens is 265 g/mol. The lowest BCUT2D eigenvalue weighted by molar-refractivity contribution is -0.385. The first kappa shape index (κ1) is 13.4. The van der Waals surface area contributed by atoms with Gasteiger partial charge in [0.15, 0.2) is 17.3 Å². The highest BCUT2D eigenvalue weighted by molar-refractivity contribution is 5.48. The molecule has 1 aromatic carbocycles. The fourth-order valence-corrected chi connectivity index (χ4v) is 1.59. The van der Waals surface area contributed by atoms with Crippen LogP contribution in [0.1, 0.15) is 11.1 Å². The van der Waals surface area contributed by atoms with Crippen LogP contribution in [0.25, 0.3) is 0 Å². The Morgan fingerprint density at radius 2 is 2.20 bits per heavy atom. The summed E-state index contributed by atoms with van der Waals surface area (Å²) in [7, 11) is 0. The molecule has 2 aromatic rings. The maximum atomic E-state index is 13.8. The van der Waals surface area contributed by atoms with Crippen LogP contribution in [0.2, 0.25) is 0 Å². The van der Waals surface area contributed by atoms with Crippen molar-refractivity contribution >= 4 is 5.69 Å². The van der Waals surface area contributed by atoms with E-state index in [0.29, 0.717) is 0 Å². The first-order chi connectivity index (χ1) is 9.52. The van der Waals surface area contributed by atoms with Crippen LogP contribution in [-0.4, -0.2) is 9.91 Å². The number of nitriles is 1. The number of nitrogens with zero attached hydrogens (tertiary/aromatic N) is 3. The first-order valence-electron chi connectivity index (χ1n) is 5.49. The summed E-state index contributed by atoms with van der Waals surface area (Å²) in [6.07, 6.45) is 2.68. The highest BCUT2D eigenvalue weighted by atomic mass is 19.1. The molecule has 0 spiro atoms. The van der Waals surface area contributed by atoms with Gasteiger partial charge in [-0.05, 0) is 19.1 Å². The molecule has 6 nitrogen and oxygen atoms in total. The minimum Gasteiger partial charge on any atom is -0.451 e. The van der Waals surface area contributed by atoms with Crippen LogP contribution >= 0.6 is 0 Å². The molecule has 0 saturated heterocycles. The van der Waals surface area contributed by atoms with Gasteiger partial charge in [-0.2, -0.15) is 5.26 Å². The smallest absolute Gasteiger partial charge is 0.275 e. The van der Waals surface area contributed by atoms with Crippen molar-refractivity contribution < 1.29 is 14.1 Å². The number of nitro groups is 1. The largest absolute Gasteiger partial charge is 0.451 e. The monoisotopic (exact) mass is 273 g/mol. The lowest BCUT2D eigenvalue weighted by Crippen LogP contribution is -1.97. The van der Waals surface area contributed by atoms with Crippen molar-refractivity contribution in [3.05, 3.63) is 57.7 Å². The summed E-state index contributed by atoms with van der Waals surface area (Å²) in [4.78, 5) is 13.8. The molecule has 7 heteroatoms. The van der Waals surface area contributed by atoms with Crippen molar-refractivity contribution in [1.82, 2.24) is 4.98 Å². The number of halogens is 1. The Bertz CT molecular complexity index is 725. The van der Waals surface area contributed by atoms with Gasteiger partial charge in [0.1, 0.15) is 6.07 Å². The van der Waals surface area contributed by atoms with Crippen LogP contribution in [-0.2, 0) is 0 Å². The molecule has 1 heterocycles. The Hall–Kier alpha value is -3.01. The fourth-order valence-electron chi connectivity index (χ4n) is 1.59. The van der Waals surface area contributed by atoms with E-state index in [1.165, 1.54) is 31.5 Å². The van der Waals surface area contributed by atoms with Crippen LogP contribution in [0, 0.1) is 34.2 Å². The van der Waals surface area contributed by atoms with Gasteiger partial charge in [0.2, 0.25) is 0 Å². The molecule has 0 aliphatic rings. The van der Waals surface area contributed by atoms with Crippen LogP contribution in [0.4, 0.5) is 10.1 Å². The Labute approximate surface area is 113 Å². The van der Waals surface area contributed by atoms with E-state index >= 15 is 0 Å². The first-order valence-corrected chi connectivity index (χ1v) is 5.49. The van der Waals surface area contributed by atoms with Gasteiger partial charge in [0, 0.05) is 11.8 Å². The van der Waals surface area contributed by atoms with E-state index in [1.54, 1.807) is 0 Å². The van der Waals surface area contributed by atoms with Crippen LogP contribution < -0.4 is 4.74 Å². The van der Waals surface area contributed by atoms with Crippen LogP contribution in [0.3, 0.4) is 0 Å². The van der Waals surface area contributed by atoms with Crippen molar-refractivity contribution in [1.29, 1.82) is 5.26 Å². The third kappa shape index (κ3) is 2.54. The lowest BCUT2D eigenvalue weighted by atomic mass is 10.2. The van der Waals surface area contributed by atoms with E-state index in [4.69, 9.17) is 10.00 Å². The molecule has 0 bridgehead atoms. The molecule has 0 aliphatic heterocycles. The standard InChI is InChI=1S/C13H8FN3O3/c1-8-4-12(10(14)5-11(8)17(18)19)20-13-7-16-3-2-9(13)6-15/h2-5,7H,1H3. The molecule has 0 fully saturated rings. The topological polar surface area (TPSA) is 89.0 Å². The average molecular weight is 273 g/mol. The van der Waals surface area contributed by atoms with Gasteiger partial charge in [-0.25, -0.2) is 4.39 Å². The second-order valence-corrected chi connectivity index (χ2v) is 3.91. The second kappa shape index (κ2) is 5.32. The Balaban J connectivity index is 2.43. The van der Waals surface area contributed by atoms with E-state index in [1.807, 2.05) is 6.07 Å². The molecule has 0 amide bonds. The van der Waals surface area contributed by atoms with Crippen LogP contribution in [0.5, 0.6) is 11.5 Å². The highest BCUT2D eigenvalue weighted by Gasteiger charge is 2.17. The normalized spacial score (nSPS) is 9.85. The molecule has 2 rings (SSSR count). The summed E-state index contributed by atoms with van der Waals surface area (Å²) >= 11 is 0. The van der Waals surface area contributed by atoms with E-state index in [2.05, 4.69) is 4.98 Å². The van der Waals surface area contributed by atoms with E-state index < -0.39 is 10.7 Å². The molecule has 1 aromatic heterocycles. The third-order valence-corrected chi connectivity index (χ3v) is 2.57. The number of aryl methyl sites for hydroxylation is 1. The number of hydrogen-bond acceptors (Lipinski definition) is 5. The van der Waals surface area contributed by atoms with E-state index in [9.17, 15) is 14.5 Å².